The van der Waals surface area contributed by atoms with E-state index in [1.165, 1.54) is 6.26 Å². The van der Waals surface area contributed by atoms with Gasteiger partial charge in [0.15, 0.2) is 0 Å². The third-order valence-electron chi connectivity index (χ3n) is 10.8. The van der Waals surface area contributed by atoms with E-state index in [-0.39, 0.29) is 43.4 Å². The molecule has 0 aliphatic carbocycles. The van der Waals surface area contributed by atoms with Gasteiger partial charge in [0, 0.05) is 55.8 Å². The van der Waals surface area contributed by atoms with Crippen molar-refractivity contribution in [3.63, 3.8) is 0 Å². The summed E-state index contributed by atoms with van der Waals surface area (Å²) in [6, 6.07) is 50.7. The van der Waals surface area contributed by atoms with Gasteiger partial charge in [-0.3, -0.25) is 17.6 Å². The van der Waals surface area contributed by atoms with Gasteiger partial charge in [-0.05, 0) is 120 Å². The normalized spacial score (nSPS) is 11.6. The van der Waals surface area contributed by atoms with Crippen molar-refractivity contribution in [3.8, 4) is 50.5 Å². The average Bonchev–Trinajstić information content (AvgIpc) is 3.38. The second-order valence-corrected chi connectivity index (χ2v) is 16.7. The second kappa shape index (κ2) is 29.9. The molecule has 2 atom stereocenters. The van der Waals surface area contributed by atoms with Gasteiger partial charge in [0.05, 0.1) is 31.7 Å². The number of aromatic nitrogens is 2. The Bertz CT molecular complexity index is 2980. The van der Waals surface area contributed by atoms with Gasteiger partial charge in [-0.2, -0.15) is 0 Å². The Hall–Kier alpha value is -7.27. The SMILES string of the molecule is C=COCCCCCOc1ccc(/C=C/c2ccc(-c3ccnc(-c4[c-]cc(F)cc4F)c3)cc2)cc1.CC(O)CC(C)O.Fc1c[c-]c(-c2cc(-c3ccc(/C=C/c4ccccc4)cc3)ccn2)c(F)c1.[Ir]. The molecule has 0 aliphatic rings. The van der Waals surface area contributed by atoms with Gasteiger partial charge in [0.25, 0.3) is 0 Å². The summed E-state index contributed by atoms with van der Waals surface area (Å²) in [6.07, 6.45) is 15.7. The topological polar surface area (TPSA) is 84.7 Å². The standard InChI is InChI=1S/C32H28F2NO2.C25H16F2N.C5H12O2.Ir/c1-2-36-20-4-3-5-21-37-29-15-10-25(11-16-29)7-6-24-8-12-26(13-9-24)27-18-19-35-32(22-27)30-17-14-28(33)23-31(30)34;26-22-12-13-23(24(27)17-22)25-16-21(14-15-28-25)20-10-8-19(9-11-20)7-6-18-4-2-1-3-5-18;1-4(6)3-5(2)7;/h2,6-16,18-19,22-23H,1,3-5,20-21H2;1-12,14-17H;4-7H,3H2,1-2H3;/q2*-1;;/b2*7-6+;;. The number of rotatable bonds is 18. The van der Waals surface area contributed by atoms with Crippen LogP contribution in [0.25, 0.3) is 69.1 Å². The molecule has 0 bridgehead atoms. The van der Waals surface area contributed by atoms with Crippen LogP contribution in [0, 0.1) is 35.4 Å². The van der Waals surface area contributed by atoms with Crippen LogP contribution in [0.1, 0.15) is 61.8 Å². The van der Waals surface area contributed by atoms with Crippen LogP contribution in [-0.2, 0) is 24.8 Å². The Labute approximate surface area is 439 Å². The molecule has 0 aliphatic heterocycles. The molecule has 8 aromatic rings. The molecule has 0 amide bonds. The summed E-state index contributed by atoms with van der Waals surface area (Å²) in [5, 5.41) is 17.1. The van der Waals surface area contributed by atoms with Crippen LogP contribution in [0.5, 0.6) is 5.75 Å². The molecule has 6 aromatic carbocycles. The predicted octanol–water partition coefficient (Wildman–Crippen LogP) is 15.2. The fourth-order valence-electron chi connectivity index (χ4n) is 7.20. The molecule has 2 heterocycles. The summed E-state index contributed by atoms with van der Waals surface area (Å²) >= 11 is 0. The Balaban J connectivity index is 0.000000243. The summed E-state index contributed by atoms with van der Waals surface area (Å²) in [4.78, 5) is 8.43. The first kappa shape index (κ1) is 56.6. The summed E-state index contributed by atoms with van der Waals surface area (Å²) in [5.74, 6) is -1.82. The van der Waals surface area contributed by atoms with E-state index < -0.39 is 23.3 Å². The molecule has 6 nitrogen and oxygen atoms in total. The zero-order chi connectivity index (χ0) is 51.1. The van der Waals surface area contributed by atoms with E-state index in [9.17, 15) is 17.6 Å². The van der Waals surface area contributed by atoms with Crippen LogP contribution in [0.4, 0.5) is 17.6 Å². The number of hydrogen-bond donors (Lipinski definition) is 2. The van der Waals surface area contributed by atoms with Crippen LogP contribution in [0.3, 0.4) is 0 Å². The smallest absolute Gasteiger partial charge is 0.119 e. The minimum atomic E-state index is -0.685. The molecule has 73 heavy (non-hydrogen) atoms. The number of unbranched alkanes of at least 4 members (excludes halogenated alkanes) is 2. The molecule has 377 valence electrons. The summed E-state index contributed by atoms with van der Waals surface area (Å²) < 4.78 is 65.4. The maximum atomic E-state index is 14.2. The number of aliphatic hydroxyl groups excluding tert-OH is 2. The van der Waals surface area contributed by atoms with Gasteiger partial charge in [-0.1, -0.05) is 157 Å². The van der Waals surface area contributed by atoms with E-state index in [1.54, 1.807) is 38.4 Å². The van der Waals surface area contributed by atoms with Gasteiger partial charge in [-0.15, -0.1) is 24.3 Å². The van der Waals surface area contributed by atoms with Crippen molar-refractivity contribution >= 4 is 24.3 Å². The largest absolute Gasteiger partial charge is 0.502 e. The monoisotopic (exact) mass is 1160 g/mol. The van der Waals surface area contributed by atoms with E-state index in [0.717, 1.165) is 93.8 Å². The molecule has 0 spiro atoms. The molecular formula is C62H56F4IrN2O4-2. The number of halogens is 4. The van der Waals surface area contributed by atoms with Crippen LogP contribution in [0.15, 0.2) is 177 Å². The third-order valence-corrected chi connectivity index (χ3v) is 10.8. The minimum Gasteiger partial charge on any atom is -0.502 e. The van der Waals surface area contributed by atoms with Crippen molar-refractivity contribution in [2.75, 3.05) is 13.2 Å². The zero-order valence-corrected chi connectivity index (χ0v) is 42.9. The van der Waals surface area contributed by atoms with Crippen LogP contribution in [0.2, 0.25) is 0 Å². The molecule has 2 N–H and O–H groups in total. The number of hydrogen-bond acceptors (Lipinski definition) is 6. The van der Waals surface area contributed by atoms with Crippen molar-refractivity contribution < 1.29 is 57.4 Å². The van der Waals surface area contributed by atoms with E-state index in [2.05, 4.69) is 59.0 Å². The van der Waals surface area contributed by atoms with Gasteiger partial charge >= 0.3 is 0 Å². The molecular weight excluding hydrogens is 1100 g/mol. The Kier molecular flexibility index (Phi) is 23.2. The molecule has 1 radical (unpaired) electrons. The quantitative estimate of drug-likeness (QED) is 0.0293. The van der Waals surface area contributed by atoms with E-state index in [4.69, 9.17) is 19.7 Å². The molecule has 2 unspecified atom stereocenters. The van der Waals surface area contributed by atoms with E-state index in [0.29, 0.717) is 31.0 Å². The Morgan fingerprint density at radius 3 is 1.37 bits per heavy atom. The summed E-state index contributed by atoms with van der Waals surface area (Å²) in [6.45, 7) is 8.24. The fraction of sp³-hybridized carbons (Fsp3) is 0.161. The first-order chi connectivity index (χ1) is 34.9. The molecule has 0 saturated carbocycles. The second-order valence-electron chi connectivity index (χ2n) is 16.7. The first-order valence-corrected chi connectivity index (χ1v) is 23.5. The van der Waals surface area contributed by atoms with E-state index in [1.807, 2.05) is 109 Å². The van der Waals surface area contributed by atoms with Crippen molar-refractivity contribution in [2.24, 2.45) is 0 Å². The fourth-order valence-corrected chi connectivity index (χ4v) is 7.20. The maximum absolute atomic E-state index is 14.2. The van der Waals surface area contributed by atoms with Gasteiger partial charge in [0.2, 0.25) is 0 Å². The zero-order valence-electron chi connectivity index (χ0n) is 40.5. The molecule has 0 saturated heterocycles. The minimum absolute atomic E-state index is 0. The molecule has 0 fully saturated rings. The van der Waals surface area contributed by atoms with Gasteiger partial charge < -0.3 is 29.7 Å². The Morgan fingerprint density at radius 2 is 0.959 bits per heavy atom. The van der Waals surface area contributed by atoms with E-state index >= 15 is 0 Å². The summed E-state index contributed by atoms with van der Waals surface area (Å²) in [5.41, 5.74) is 9.24. The Morgan fingerprint density at radius 1 is 0.534 bits per heavy atom. The van der Waals surface area contributed by atoms with Crippen LogP contribution in [-0.4, -0.2) is 45.6 Å². The van der Waals surface area contributed by atoms with Crippen LogP contribution < -0.4 is 4.74 Å². The van der Waals surface area contributed by atoms with Crippen molar-refractivity contribution in [1.82, 2.24) is 9.97 Å². The third kappa shape index (κ3) is 19.0. The average molecular weight is 1160 g/mol. The number of benzene rings is 6. The number of pyridine rings is 2. The van der Waals surface area contributed by atoms with Gasteiger partial charge in [-0.25, -0.2) is 0 Å². The van der Waals surface area contributed by atoms with Crippen molar-refractivity contribution in [2.45, 2.75) is 51.7 Å². The number of ether oxygens (including phenoxy) is 2. The predicted molar refractivity (Wildman–Crippen MR) is 282 cm³/mol. The number of nitrogens with zero attached hydrogens (tertiary/aromatic N) is 2. The van der Waals surface area contributed by atoms with Gasteiger partial charge in [0.1, 0.15) is 5.75 Å². The molecule has 11 heteroatoms. The molecule has 8 rings (SSSR count). The maximum Gasteiger partial charge on any atom is 0.119 e. The first-order valence-electron chi connectivity index (χ1n) is 23.5. The van der Waals surface area contributed by atoms with Crippen molar-refractivity contribution in [3.05, 3.63) is 235 Å². The van der Waals surface area contributed by atoms with Crippen molar-refractivity contribution in [1.29, 1.82) is 0 Å². The summed E-state index contributed by atoms with van der Waals surface area (Å²) in [7, 11) is 0. The molecule has 2 aromatic heterocycles. The number of aliphatic hydroxyl groups is 2. The van der Waals surface area contributed by atoms with Crippen LogP contribution >= 0.6 is 0 Å².